The average molecular weight is 470 g/mol. The number of rotatable bonds is 9. The van der Waals surface area contributed by atoms with Gasteiger partial charge in [0.1, 0.15) is 6.54 Å². The first-order chi connectivity index (χ1) is 15.5. The van der Waals surface area contributed by atoms with Crippen LogP contribution in [0.4, 0.5) is 10.5 Å². The highest BCUT2D eigenvalue weighted by molar-refractivity contribution is 7.10. The van der Waals surface area contributed by atoms with Crippen LogP contribution in [0.1, 0.15) is 29.3 Å². The van der Waals surface area contributed by atoms with Gasteiger partial charge in [-0.3, -0.25) is 4.79 Å². The molecule has 0 fully saturated rings. The van der Waals surface area contributed by atoms with Crippen LogP contribution in [-0.4, -0.2) is 34.8 Å². The van der Waals surface area contributed by atoms with Crippen molar-refractivity contribution in [2.45, 2.75) is 33.4 Å². The molecule has 3 amide bonds. The van der Waals surface area contributed by atoms with Crippen LogP contribution >= 0.6 is 22.9 Å². The van der Waals surface area contributed by atoms with Crippen LogP contribution in [0.5, 0.6) is 0 Å². The summed E-state index contributed by atoms with van der Waals surface area (Å²) in [5.41, 5.74) is 2.87. The number of carbonyl (C=O) groups excluding carboxylic acids is 2. The number of amides is 3. The Hall–Kier alpha value is -2.83. The molecule has 0 saturated carbocycles. The van der Waals surface area contributed by atoms with E-state index in [4.69, 9.17) is 11.6 Å². The largest absolute Gasteiger partial charge is 0.332 e. The summed E-state index contributed by atoms with van der Waals surface area (Å²) < 4.78 is 0. The quantitative estimate of drug-likeness (QED) is 0.406. The minimum absolute atomic E-state index is 0.0184. The molecule has 32 heavy (non-hydrogen) atoms. The number of aryl methyl sites for hydroxylation is 1. The van der Waals surface area contributed by atoms with Gasteiger partial charge in [-0.25, -0.2) is 4.79 Å². The van der Waals surface area contributed by atoms with Gasteiger partial charge >= 0.3 is 6.03 Å². The molecule has 0 aliphatic carbocycles. The number of nitrogens with zero attached hydrogens (tertiary/aromatic N) is 2. The lowest BCUT2D eigenvalue weighted by atomic mass is 10.2. The van der Waals surface area contributed by atoms with Crippen LogP contribution in [0.15, 0.2) is 66.0 Å². The fourth-order valence-electron chi connectivity index (χ4n) is 3.30. The van der Waals surface area contributed by atoms with E-state index in [1.807, 2.05) is 47.5 Å². The van der Waals surface area contributed by atoms with Gasteiger partial charge in [0.25, 0.3) is 0 Å². The van der Waals surface area contributed by atoms with Crippen molar-refractivity contribution >= 4 is 40.6 Å². The summed E-state index contributed by atoms with van der Waals surface area (Å²) in [6, 6.07) is 18.6. The number of urea groups is 1. The van der Waals surface area contributed by atoms with E-state index in [-0.39, 0.29) is 18.5 Å². The van der Waals surface area contributed by atoms with E-state index in [1.54, 1.807) is 40.5 Å². The van der Waals surface area contributed by atoms with Crippen molar-refractivity contribution < 1.29 is 9.59 Å². The third kappa shape index (κ3) is 6.84. The van der Waals surface area contributed by atoms with Crippen molar-refractivity contribution in [3.63, 3.8) is 0 Å². The molecule has 168 valence electrons. The minimum atomic E-state index is -0.297. The number of thiophene rings is 1. The average Bonchev–Trinajstić information content (AvgIpc) is 3.19. The third-order valence-corrected chi connectivity index (χ3v) is 6.33. The van der Waals surface area contributed by atoms with Crippen LogP contribution in [0.3, 0.4) is 0 Å². The van der Waals surface area contributed by atoms with Crippen molar-refractivity contribution in [1.29, 1.82) is 0 Å². The van der Waals surface area contributed by atoms with Crippen LogP contribution in [-0.2, 0) is 17.9 Å². The Morgan fingerprint density at radius 2 is 1.69 bits per heavy atom. The summed E-state index contributed by atoms with van der Waals surface area (Å²) in [7, 11) is 0. The van der Waals surface area contributed by atoms with Gasteiger partial charge in [-0.2, -0.15) is 0 Å². The van der Waals surface area contributed by atoms with E-state index in [0.717, 1.165) is 16.9 Å². The minimum Gasteiger partial charge on any atom is -0.332 e. The number of halogens is 1. The number of carbonyl (C=O) groups is 2. The van der Waals surface area contributed by atoms with Gasteiger partial charge in [-0.05, 0) is 60.2 Å². The van der Waals surface area contributed by atoms with Gasteiger partial charge in [0, 0.05) is 28.7 Å². The molecule has 0 saturated heterocycles. The second kappa shape index (κ2) is 11.7. The van der Waals surface area contributed by atoms with Gasteiger partial charge in [0.15, 0.2) is 0 Å². The number of nitrogens with one attached hydrogen (secondary N) is 1. The Kier molecular flexibility index (Phi) is 8.71. The zero-order valence-corrected chi connectivity index (χ0v) is 20.0. The maximum atomic E-state index is 13.4. The van der Waals surface area contributed by atoms with Crippen LogP contribution in [0.25, 0.3) is 0 Å². The highest BCUT2D eigenvalue weighted by Gasteiger charge is 2.22. The molecule has 0 atom stereocenters. The molecule has 1 aromatic heterocycles. The summed E-state index contributed by atoms with van der Waals surface area (Å²) in [5, 5.41) is 5.50. The molecule has 1 heterocycles. The lowest BCUT2D eigenvalue weighted by molar-refractivity contribution is -0.133. The molecule has 2 aromatic carbocycles. The third-order valence-electron chi connectivity index (χ3n) is 5.07. The van der Waals surface area contributed by atoms with Crippen LogP contribution in [0.2, 0.25) is 5.02 Å². The maximum Gasteiger partial charge on any atom is 0.322 e. The predicted octanol–water partition coefficient (Wildman–Crippen LogP) is 6.18. The standard InChI is InChI=1S/C25H28ClN3O2S/c1-3-14-28(25(31)27-22-11-9-21(26)10-12-22)18-24(30)29(16-20-7-5-4-6-8-20)17-23-19(2)13-15-32-23/h4-13,15H,3,14,16-18H2,1-2H3,(H,27,31). The Labute approximate surface area is 198 Å². The highest BCUT2D eigenvalue weighted by atomic mass is 35.5. The van der Waals surface area contributed by atoms with E-state index in [2.05, 4.69) is 18.3 Å². The van der Waals surface area contributed by atoms with Crippen molar-refractivity contribution in [2.24, 2.45) is 0 Å². The fourth-order valence-corrected chi connectivity index (χ4v) is 4.34. The molecular formula is C25H28ClN3O2S. The van der Waals surface area contributed by atoms with Crippen LogP contribution < -0.4 is 5.32 Å². The summed E-state index contributed by atoms with van der Waals surface area (Å²) in [6.07, 6.45) is 0.754. The molecule has 0 spiro atoms. The molecule has 0 bridgehead atoms. The molecular weight excluding hydrogens is 442 g/mol. The van der Waals surface area contributed by atoms with Crippen molar-refractivity contribution in [3.05, 3.63) is 87.1 Å². The normalized spacial score (nSPS) is 10.6. The van der Waals surface area contributed by atoms with E-state index in [9.17, 15) is 9.59 Å². The molecule has 0 aliphatic heterocycles. The zero-order valence-electron chi connectivity index (χ0n) is 18.4. The van der Waals surface area contributed by atoms with Gasteiger partial charge < -0.3 is 15.1 Å². The second-order valence-corrected chi connectivity index (χ2v) is 9.06. The molecule has 0 unspecified atom stereocenters. The summed E-state index contributed by atoms with van der Waals surface area (Å²) in [6.45, 7) is 5.57. The van der Waals surface area contributed by atoms with Crippen molar-refractivity contribution in [3.8, 4) is 0 Å². The van der Waals surface area contributed by atoms with E-state index >= 15 is 0 Å². The Bertz CT molecular complexity index is 1020. The van der Waals surface area contributed by atoms with Crippen LogP contribution in [0, 0.1) is 6.92 Å². The fraction of sp³-hybridized carbons (Fsp3) is 0.280. The number of benzene rings is 2. The first-order valence-corrected chi connectivity index (χ1v) is 11.9. The second-order valence-electron chi connectivity index (χ2n) is 7.62. The molecule has 5 nitrogen and oxygen atoms in total. The van der Waals surface area contributed by atoms with Crippen molar-refractivity contribution in [1.82, 2.24) is 9.80 Å². The smallest absolute Gasteiger partial charge is 0.322 e. The van der Waals surface area contributed by atoms with E-state index in [0.29, 0.717) is 30.3 Å². The Balaban J connectivity index is 1.73. The van der Waals surface area contributed by atoms with Gasteiger partial charge in [0.2, 0.25) is 5.91 Å². The molecule has 0 radical (unpaired) electrons. The van der Waals surface area contributed by atoms with Gasteiger partial charge in [0.05, 0.1) is 6.54 Å². The highest BCUT2D eigenvalue weighted by Crippen LogP contribution is 2.20. The predicted molar refractivity (Wildman–Crippen MR) is 132 cm³/mol. The van der Waals surface area contributed by atoms with E-state index < -0.39 is 0 Å². The SMILES string of the molecule is CCCN(CC(=O)N(Cc1ccccc1)Cc1sccc1C)C(=O)Nc1ccc(Cl)cc1. The van der Waals surface area contributed by atoms with Gasteiger partial charge in [-0.15, -0.1) is 11.3 Å². The molecule has 1 N–H and O–H groups in total. The first-order valence-electron chi connectivity index (χ1n) is 10.6. The molecule has 0 aliphatic rings. The number of hydrogen-bond acceptors (Lipinski definition) is 3. The van der Waals surface area contributed by atoms with Crippen molar-refractivity contribution in [2.75, 3.05) is 18.4 Å². The lowest BCUT2D eigenvalue weighted by Gasteiger charge is -2.28. The topological polar surface area (TPSA) is 52.7 Å². The van der Waals surface area contributed by atoms with E-state index in [1.165, 1.54) is 5.56 Å². The lowest BCUT2D eigenvalue weighted by Crippen LogP contribution is -2.44. The Morgan fingerprint density at radius 3 is 2.31 bits per heavy atom. The summed E-state index contributed by atoms with van der Waals surface area (Å²) in [5.74, 6) is -0.0821. The summed E-state index contributed by atoms with van der Waals surface area (Å²) >= 11 is 7.57. The summed E-state index contributed by atoms with van der Waals surface area (Å²) in [4.78, 5) is 30.8. The maximum absolute atomic E-state index is 13.4. The zero-order chi connectivity index (χ0) is 22.9. The molecule has 3 rings (SSSR count). The number of anilines is 1. The monoisotopic (exact) mass is 469 g/mol. The number of hydrogen-bond donors (Lipinski definition) is 1. The van der Waals surface area contributed by atoms with Gasteiger partial charge in [-0.1, -0.05) is 48.9 Å². The molecule has 7 heteroatoms. The Morgan fingerprint density at radius 1 is 0.969 bits per heavy atom. The molecule has 3 aromatic rings. The first kappa shape index (κ1) is 23.8.